The highest BCUT2D eigenvalue weighted by molar-refractivity contribution is 7.99. The molecule has 0 saturated carbocycles. The highest BCUT2D eigenvalue weighted by Gasteiger charge is 2.23. The predicted octanol–water partition coefficient (Wildman–Crippen LogP) is 7.63. The normalized spacial score (nSPS) is 10.9. The average Bonchev–Trinajstić information content (AvgIpc) is 3.62. The van der Waals surface area contributed by atoms with Gasteiger partial charge in [0.25, 0.3) is 11.1 Å². The van der Waals surface area contributed by atoms with E-state index in [0.29, 0.717) is 62.3 Å². The van der Waals surface area contributed by atoms with E-state index >= 15 is 0 Å². The number of aryl methyl sites for hydroxylation is 1. The minimum Gasteiger partial charge on any atom is -0.492 e. The minimum atomic E-state index is -0.364. The summed E-state index contributed by atoms with van der Waals surface area (Å²) < 4.78 is 13.4. The lowest BCUT2D eigenvalue weighted by Gasteiger charge is -2.12. The first kappa shape index (κ1) is 31.7. The molecular weight excluding hydrogens is 661 g/mol. The molecule has 0 aliphatic heterocycles. The summed E-state index contributed by atoms with van der Waals surface area (Å²) in [5.41, 5.74) is 1.91. The number of anilines is 1. The van der Waals surface area contributed by atoms with Gasteiger partial charge in [-0.05, 0) is 54.5 Å². The topological polar surface area (TPSA) is 111 Å². The standard InChI is InChI=1S/C30H25Cl2N5O4S3/c31-20-13-14-23(22(32)16-20)40-15-7-12-25-35-36-29(41-25)43-18-24(38)34-28-26(27(39)33-17-19-8-3-1-4-9-19)37(30(42)44-28)21-10-5-2-6-11-21/h1-6,8-11,13-14,16H,7,12,15,17-18H2,(H,33,39)(H,34,38). The number of carbonyl (C=O) groups excluding carboxylic acids is 2. The fraction of sp³-hybridized carbons (Fsp3) is 0.167. The molecule has 14 heteroatoms. The maximum atomic E-state index is 13.4. The van der Waals surface area contributed by atoms with E-state index in [0.717, 1.165) is 28.7 Å². The SMILES string of the molecule is O=C(CSc1nnc(CCCOc2ccc(Cl)cc2Cl)o1)Nc1sc(=S)n(-c2ccccc2)c1C(=O)NCc1ccccc1. The van der Waals surface area contributed by atoms with Gasteiger partial charge in [-0.15, -0.1) is 10.2 Å². The van der Waals surface area contributed by atoms with Gasteiger partial charge in [0, 0.05) is 23.7 Å². The number of thioether (sulfide) groups is 1. The quantitative estimate of drug-likeness (QED) is 0.0739. The molecule has 5 aromatic rings. The largest absolute Gasteiger partial charge is 0.492 e. The molecule has 2 aromatic heterocycles. The number of aromatic nitrogens is 3. The van der Waals surface area contributed by atoms with E-state index in [4.69, 9.17) is 44.6 Å². The van der Waals surface area contributed by atoms with Gasteiger partial charge >= 0.3 is 0 Å². The number of carbonyl (C=O) groups is 2. The van der Waals surface area contributed by atoms with Crippen molar-refractivity contribution in [1.29, 1.82) is 0 Å². The van der Waals surface area contributed by atoms with Crippen LogP contribution in [0.4, 0.5) is 5.00 Å². The van der Waals surface area contributed by atoms with E-state index < -0.39 is 0 Å². The van der Waals surface area contributed by atoms with Crippen LogP contribution in [0.2, 0.25) is 10.0 Å². The van der Waals surface area contributed by atoms with Crippen molar-refractivity contribution in [2.75, 3.05) is 17.7 Å². The Hall–Kier alpha value is -3.68. The molecular formula is C30H25Cl2N5O4S3. The summed E-state index contributed by atoms with van der Waals surface area (Å²) in [4.78, 5) is 26.4. The Morgan fingerprint density at radius 2 is 1.77 bits per heavy atom. The van der Waals surface area contributed by atoms with Gasteiger partial charge in [0.1, 0.15) is 16.4 Å². The third kappa shape index (κ3) is 8.48. The Balaban J connectivity index is 1.18. The smallest absolute Gasteiger partial charge is 0.277 e. The zero-order valence-corrected chi connectivity index (χ0v) is 27.0. The van der Waals surface area contributed by atoms with Crippen molar-refractivity contribution >= 4 is 75.3 Å². The molecule has 0 atom stereocenters. The molecule has 0 aliphatic rings. The molecule has 2 amide bonds. The number of nitrogens with one attached hydrogen (secondary N) is 2. The first-order valence-electron chi connectivity index (χ1n) is 13.3. The van der Waals surface area contributed by atoms with Gasteiger partial charge in [-0.1, -0.05) is 94.8 Å². The van der Waals surface area contributed by atoms with Crippen molar-refractivity contribution in [3.63, 3.8) is 0 Å². The van der Waals surface area contributed by atoms with E-state index in [1.807, 2.05) is 60.7 Å². The molecule has 2 N–H and O–H groups in total. The lowest BCUT2D eigenvalue weighted by molar-refractivity contribution is -0.113. The number of nitrogens with zero attached hydrogens (tertiary/aromatic N) is 3. The summed E-state index contributed by atoms with van der Waals surface area (Å²) in [5, 5.41) is 15.4. The summed E-state index contributed by atoms with van der Waals surface area (Å²) in [6, 6.07) is 23.9. The van der Waals surface area contributed by atoms with Gasteiger partial charge in [0.05, 0.1) is 17.4 Å². The second-order valence-corrected chi connectivity index (χ2v) is 12.6. The van der Waals surface area contributed by atoms with Gasteiger partial charge in [0.15, 0.2) is 3.95 Å². The van der Waals surface area contributed by atoms with Crippen LogP contribution in [-0.4, -0.2) is 38.9 Å². The van der Waals surface area contributed by atoms with Gasteiger partial charge in [-0.2, -0.15) is 0 Å². The van der Waals surface area contributed by atoms with Crippen LogP contribution >= 0.6 is 58.5 Å². The summed E-state index contributed by atoms with van der Waals surface area (Å²) in [6.07, 6.45) is 1.10. The molecule has 9 nitrogen and oxygen atoms in total. The fourth-order valence-electron chi connectivity index (χ4n) is 4.02. The second-order valence-electron chi connectivity index (χ2n) is 9.21. The number of amides is 2. The predicted molar refractivity (Wildman–Crippen MR) is 176 cm³/mol. The number of thiazole rings is 1. The molecule has 0 unspecified atom stereocenters. The molecule has 226 valence electrons. The van der Waals surface area contributed by atoms with Crippen LogP contribution in [0.3, 0.4) is 0 Å². The number of ether oxygens (including phenoxy) is 1. The van der Waals surface area contributed by atoms with Crippen LogP contribution in [0.1, 0.15) is 28.4 Å². The van der Waals surface area contributed by atoms with Gasteiger partial charge in [-0.25, -0.2) is 0 Å². The zero-order valence-electron chi connectivity index (χ0n) is 23.0. The number of halogens is 2. The average molecular weight is 687 g/mol. The van der Waals surface area contributed by atoms with E-state index in [1.165, 1.54) is 0 Å². The third-order valence-corrected chi connectivity index (χ3v) is 8.69. The first-order chi connectivity index (χ1) is 21.4. The molecule has 0 aliphatic carbocycles. The van der Waals surface area contributed by atoms with Crippen LogP contribution < -0.4 is 15.4 Å². The lowest BCUT2D eigenvalue weighted by Crippen LogP contribution is -2.27. The Morgan fingerprint density at radius 3 is 2.52 bits per heavy atom. The Kier molecular flexibility index (Phi) is 11.1. The highest BCUT2D eigenvalue weighted by Crippen LogP contribution is 2.30. The molecule has 0 bridgehead atoms. The highest BCUT2D eigenvalue weighted by atomic mass is 35.5. The monoisotopic (exact) mass is 685 g/mol. The van der Waals surface area contributed by atoms with Crippen molar-refractivity contribution in [2.24, 2.45) is 0 Å². The molecule has 0 spiro atoms. The molecule has 0 radical (unpaired) electrons. The van der Waals surface area contributed by atoms with E-state index in [-0.39, 0.29) is 28.5 Å². The van der Waals surface area contributed by atoms with Crippen LogP contribution in [0.5, 0.6) is 5.75 Å². The summed E-state index contributed by atoms with van der Waals surface area (Å²) in [6.45, 7) is 0.714. The zero-order chi connectivity index (χ0) is 30.9. The summed E-state index contributed by atoms with van der Waals surface area (Å²) in [7, 11) is 0. The Labute approximate surface area is 276 Å². The fourth-order valence-corrected chi connectivity index (χ4v) is 6.42. The number of hydrogen-bond donors (Lipinski definition) is 2. The van der Waals surface area contributed by atoms with Crippen molar-refractivity contribution < 1.29 is 18.7 Å². The Morgan fingerprint density at radius 1 is 1.02 bits per heavy atom. The van der Waals surface area contributed by atoms with E-state index in [9.17, 15) is 9.59 Å². The Bertz CT molecular complexity index is 1800. The van der Waals surface area contributed by atoms with Gasteiger partial charge in [0.2, 0.25) is 11.8 Å². The molecule has 44 heavy (non-hydrogen) atoms. The molecule has 5 rings (SSSR count). The maximum Gasteiger partial charge on any atom is 0.277 e. The van der Waals surface area contributed by atoms with Crippen LogP contribution in [-0.2, 0) is 17.8 Å². The summed E-state index contributed by atoms with van der Waals surface area (Å²) in [5.74, 6) is 0.243. The van der Waals surface area contributed by atoms with Gasteiger partial charge in [-0.3, -0.25) is 14.2 Å². The number of rotatable bonds is 13. The molecule has 0 fully saturated rings. The van der Waals surface area contributed by atoms with Crippen LogP contribution in [0, 0.1) is 3.95 Å². The molecule has 2 heterocycles. The van der Waals surface area contributed by atoms with Gasteiger partial charge < -0.3 is 19.8 Å². The van der Waals surface area contributed by atoms with Crippen molar-refractivity contribution in [2.45, 2.75) is 24.6 Å². The number of para-hydroxylation sites is 1. The van der Waals surface area contributed by atoms with Crippen molar-refractivity contribution in [3.8, 4) is 11.4 Å². The lowest BCUT2D eigenvalue weighted by atomic mass is 10.2. The molecule has 0 saturated heterocycles. The minimum absolute atomic E-state index is 0.0130. The van der Waals surface area contributed by atoms with Crippen LogP contribution in [0.15, 0.2) is 88.5 Å². The first-order valence-corrected chi connectivity index (χ1v) is 16.3. The third-order valence-electron chi connectivity index (χ3n) is 6.05. The van der Waals surface area contributed by atoms with Crippen LogP contribution in [0.25, 0.3) is 5.69 Å². The second kappa shape index (κ2) is 15.4. The maximum absolute atomic E-state index is 13.4. The van der Waals surface area contributed by atoms with Crippen molar-refractivity contribution in [3.05, 3.63) is 110 Å². The molecule has 3 aromatic carbocycles. The summed E-state index contributed by atoms with van der Waals surface area (Å²) >= 11 is 19.9. The van der Waals surface area contributed by atoms with Crippen molar-refractivity contribution in [1.82, 2.24) is 20.1 Å². The van der Waals surface area contributed by atoms with E-state index in [2.05, 4.69) is 20.8 Å². The number of benzene rings is 3. The van der Waals surface area contributed by atoms with E-state index in [1.54, 1.807) is 22.8 Å². The number of hydrogen-bond acceptors (Lipinski definition) is 9.